The van der Waals surface area contributed by atoms with Crippen LogP contribution >= 0.6 is 22.7 Å². The van der Waals surface area contributed by atoms with E-state index in [0.29, 0.717) is 30.2 Å². The standard InChI is InChI=1S/C15H13N5OS2/c16-13-6-9-8-20(4-3-10(9)18-19-13)15(21)12-7-17-14(23-12)11-2-1-5-22-11/h1-2,5-7H,3-4,8H2,(H2,16,19). The summed E-state index contributed by atoms with van der Waals surface area (Å²) in [7, 11) is 0. The summed E-state index contributed by atoms with van der Waals surface area (Å²) in [5, 5.41) is 10.9. The summed E-state index contributed by atoms with van der Waals surface area (Å²) in [6, 6.07) is 5.79. The number of fused-ring (bicyclic) bond motifs is 1. The largest absolute Gasteiger partial charge is 0.382 e. The summed E-state index contributed by atoms with van der Waals surface area (Å²) in [6.45, 7) is 1.15. The quantitative estimate of drug-likeness (QED) is 0.772. The zero-order valence-corrected chi connectivity index (χ0v) is 13.7. The number of anilines is 1. The van der Waals surface area contributed by atoms with Gasteiger partial charge in [-0.15, -0.1) is 27.8 Å². The van der Waals surface area contributed by atoms with Gasteiger partial charge in [0.05, 0.1) is 16.8 Å². The lowest BCUT2D eigenvalue weighted by molar-refractivity contribution is 0.0738. The minimum Gasteiger partial charge on any atom is -0.382 e. The van der Waals surface area contributed by atoms with Crippen LogP contribution in [0.25, 0.3) is 9.88 Å². The first-order chi connectivity index (χ1) is 11.2. The molecule has 0 saturated carbocycles. The number of nitrogen functional groups attached to an aromatic ring is 1. The van der Waals surface area contributed by atoms with Crippen LogP contribution in [0.4, 0.5) is 5.82 Å². The highest BCUT2D eigenvalue weighted by Gasteiger charge is 2.24. The van der Waals surface area contributed by atoms with Gasteiger partial charge < -0.3 is 10.6 Å². The average molecular weight is 343 g/mol. The van der Waals surface area contributed by atoms with Crippen LogP contribution in [0.3, 0.4) is 0 Å². The number of carbonyl (C=O) groups excluding carboxylic acids is 1. The number of nitrogens with two attached hydrogens (primary N) is 1. The van der Waals surface area contributed by atoms with E-state index >= 15 is 0 Å². The summed E-state index contributed by atoms with van der Waals surface area (Å²) in [6.07, 6.45) is 2.36. The van der Waals surface area contributed by atoms with Crippen molar-refractivity contribution in [1.82, 2.24) is 20.1 Å². The molecule has 3 aromatic rings. The molecule has 0 saturated heterocycles. The molecule has 3 aromatic heterocycles. The molecule has 1 aliphatic heterocycles. The zero-order valence-electron chi connectivity index (χ0n) is 12.1. The number of carbonyl (C=O) groups is 1. The summed E-state index contributed by atoms with van der Waals surface area (Å²) >= 11 is 3.06. The number of hydrogen-bond donors (Lipinski definition) is 1. The summed E-state index contributed by atoms with van der Waals surface area (Å²) in [5.41, 5.74) is 7.58. The van der Waals surface area contributed by atoms with E-state index in [1.165, 1.54) is 11.3 Å². The highest BCUT2D eigenvalue weighted by Crippen LogP contribution is 2.30. The molecule has 0 radical (unpaired) electrons. The minimum atomic E-state index is 0.00587. The number of rotatable bonds is 2. The van der Waals surface area contributed by atoms with Crippen molar-refractivity contribution in [2.45, 2.75) is 13.0 Å². The molecule has 0 bridgehead atoms. The van der Waals surface area contributed by atoms with E-state index in [0.717, 1.165) is 21.1 Å². The normalized spacial score (nSPS) is 13.8. The molecule has 0 aromatic carbocycles. The molecule has 6 nitrogen and oxygen atoms in total. The lowest BCUT2D eigenvalue weighted by atomic mass is 10.1. The second-order valence-corrected chi connectivity index (χ2v) is 7.20. The molecular weight excluding hydrogens is 330 g/mol. The predicted molar refractivity (Wildman–Crippen MR) is 90.3 cm³/mol. The molecule has 4 heterocycles. The van der Waals surface area contributed by atoms with Crippen molar-refractivity contribution < 1.29 is 4.79 Å². The van der Waals surface area contributed by atoms with Crippen LogP contribution in [0.2, 0.25) is 0 Å². The Kier molecular flexibility index (Phi) is 3.55. The fourth-order valence-corrected chi connectivity index (χ4v) is 4.25. The van der Waals surface area contributed by atoms with Crippen molar-refractivity contribution >= 4 is 34.4 Å². The Labute approximate surface area is 140 Å². The minimum absolute atomic E-state index is 0.00587. The first-order valence-electron chi connectivity index (χ1n) is 7.10. The summed E-state index contributed by atoms with van der Waals surface area (Å²) in [5.74, 6) is 0.391. The molecule has 0 fully saturated rings. The number of thiazole rings is 1. The van der Waals surface area contributed by atoms with Gasteiger partial charge in [-0.2, -0.15) is 5.10 Å². The van der Waals surface area contributed by atoms with Crippen LogP contribution in [0.1, 0.15) is 20.9 Å². The van der Waals surface area contributed by atoms with Gasteiger partial charge in [0.2, 0.25) is 0 Å². The highest BCUT2D eigenvalue weighted by atomic mass is 32.1. The Balaban J connectivity index is 1.56. The Bertz CT molecular complexity index is 859. The Morgan fingerprint density at radius 2 is 2.26 bits per heavy atom. The van der Waals surface area contributed by atoms with Crippen molar-refractivity contribution in [3.05, 3.63) is 45.9 Å². The number of hydrogen-bond acceptors (Lipinski definition) is 7. The fourth-order valence-electron chi connectivity index (χ4n) is 2.56. The van der Waals surface area contributed by atoms with Crippen LogP contribution in [-0.4, -0.2) is 32.5 Å². The number of amides is 1. The number of thiophene rings is 1. The lowest BCUT2D eigenvalue weighted by Gasteiger charge is -2.27. The molecule has 116 valence electrons. The third-order valence-corrected chi connectivity index (χ3v) is 5.72. The monoisotopic (exact) mass is 343 g/mol. The maximum atomic E-state index is 12.7. The van der Waals surface area contributed by atoms with Crippen molar-refractivity contribution in [3.8, 4) is 9.88 Å². The van der Waals surface area contributed by atoms with Crippen molar-refractivity contribution in [2.75, 3.05) is 12.3 Å². The molecule has 0 aliphatic carbocycles. The second kappa shape index (κ2) is 5.71. The van der Waals surface area contributed by atoms with Crippen LogP contribution in [0, 0.1) is 0 Å². The highest BCUT2D eigenvalue weighted by molar-refractivity contribution is 7.21. The SMILES string of the molecule is Nc1cc2c(nn1)CCN(C(=O)c1cnc(-c3cccs3)s1)C2. The molecular formula is C15H13N5OS2. The topological polar surface area (TPSA) is 85.0 Å². The molecule has 1 amide bonds. The Morgan fingerprint density at radius 3 is 3.09 bits per heavy atom. The maximum Gasteiger partial charge on any atom is 0.265 e. The Morgan fingerprint density at radius 1 is 1.35 bits per heavy atom. The van der Waals surface area contributed by atoms with Crippen molar-refractivity contribution in [2.24, 2.45) is 0 Å². The van der Waals surface area contributed by atoms with Crippen molar-refractivity contribution in [1.29, 1.82) is 0 Å². The van der Waals surface area contributed by atoms with Crippen LogP contribution < -0.4 is 5.73 Å². The van der Waals surface area contributed by atoms with Gasteiger partial charge in [-0.05, 0) is 23.1 Å². The third-order valence-electron chi connectivity index (χ3n) is 3.69. The van der Waals surface area contributed by atoms with Crippen molar-refractivity contribution in [3.63, 3.8) is 0 Å². The van der Waals surface area contributed by atoms with Gasteiger partial charge >= 0.3 is 0 Å². The molecule has 1 aliphatic rings. The third kappa shape index (κ3) is 2.71. The molecule has 23 heavy (non-hydrogen) atoms. The van der Waals surface area contributed by atoms with Crippen LogP contribution in [0.5, 0.6) is 0 Å². The van der Waals surface area contributed by atoms with Gasteiger partial charge in [-0.3, -0.25) is 4.79 Å². The van der Waals surface area contributed by atoms with E-state index in [2.05, 4.69) is 15.2 Å². The molecule has 4 rings (SSSR count). The zero-order chi connectivity index (χ0) is 15.8. The number of nitrogens with zero attached hydrogens (tertiary/aromatic N) is 4. The molecule has 0 atom stereocenters. The van der Waals surface area contributed by atoms with Crippen LogP contribution in [-0.2, 0) is 13.0 Å². The fraction of sp³-hybridized carbons (Fsp3) is 0.200. The Hall–Kier alpha value is -2.32. The predicted octanol–water partition coefficient (Wildman–Crippen LogP) is 2.44. The van der Waals surface area contributed by atoms with E-state index in [-0.39, 0.29) is 5.91 Å². The first kappa shape index (κ1) is 14.3. The number of aromatic nitrogens is 3. The average Bonchev–Trinajstić information content (AvgIpc) is 3.24. The lowest BCUT2D eigenvalue weighted by Crippen LogP contribution is -2.36. The maximum absolute atomic E-state index is 12.7. The first-order valence-corrected chi connectivity index (χ1v) is 8.80. The second-order valence-electron chi connectivity index (χ2n) is 5.22. The van der Waals surface area contributed by atoms with E-state index in [4.69, 9.17) is 5.73 Å². The summed E-state index contributed by atoms with van der Waals surface area (Å²) < 4.78 is 0. The molecule has 0 unspecified atom stereocenters. The van der Waals surface area contributed by atoms with Gasteiger partial charge in [-0.1, -0.05) is 6.07 Å². The smallest absolute Gasteiger partial charge is 0.265 e. The summed E-state index contributed by atoms with van der Waals surface area (Å²) in [4.78, 5) is 20.6. The van der Waals surface area contributed by atoms with Gasteiger partial charge in [0.25, 0.3) is 5.91 Å². The molecule has 0 spiro atoms. The van der Waals surface area contributed by atoms with Gasteiger partial charge in [0.1, 0.15) is 15.7 Å². The van der Waals surface area contributed by atoms with Gasteiger partial charge in [0.15, 0.2) is 0 Å². The van der Waals surface area contributed by atoms with E-state index in [1.807, 2.05) is 22.4 Å². The molecule has 2 N–H and O–H groups in total. The van der Waals surface area contributed by atoms with E-state index in [1.54, 1.807) is 23.6 Å². The van der Waals surface area contributed by atoms with E-state index in [9.17, 15) is 4.79 Å². The van der Waals surface area contributed by atoms with Crippen LogP contribution in [0.15, 0.2) is 29.8 Å². The molecule has 8 heteroatoms. The van der Waals surface area contributed by atoms with Gasteiger partial charge in [-0.25, -0.2) is 4.98 Å². The van der Waals surface area contributed by atoms with E-state index < -0.39 is 0 Å². The van der Waals surface area contributed by atoms with Gasteiger partial charge in [0, 0.05) is 19.5 Å².